The van der Waals surface area contributed by atoms with Crippen LogP contribution in [-0.4, -0.2) is 11.6 Å². The predicted octanol–water partition coefficient (Wildman–Crippen LogP) is 2.65. The fraction of sp³-hybridized carbons (Fsp3) is 0. The second-order valence-corrected chi connectivity index (χ2v) is 5.25. The number of hydrogen-bond donors (Lipinski definition) is 1. The van der Waals surface area contributed by atoms with Crippen molar-refractivity contribution in [1.82, 2.24) is 0 Å². The molecule has 0 unspecified atom stereocenters. The van der Waals surface area contributed by atoms with Crippen LogP contribution < -0.4 is 5.73 Å². The van der Waals surface area contributed by atoms with Crippen LogP contribution in [0, 0.1) is 3.57 Å². The quantitative estimate of drug-likeness (QED) is 0.501. The Bertz CT molecular complexity index is 707. The number of nitrogens with two attached hydrogens (primary N) is 1. The van der Waals surface area contributed by atoms with Crippen molar-refractivity contribution < 1.29 is 9.59 Å². The van der Waals surface area contributed by atoms with Crippen molar-refractivity contribution in [2.75, 3.05) is 5.73 Å². The van der Waals surface area contributed by atoms with Gasteiger partial charge in [0.1, 0.15) is 0 Å². The number of nitrogen functional groups attached to an aromatic ring is 1. The third kappa shape index (κ3) is 1.42. The highest BCUT2D eigenvalue weighted by atomic mass is 127. The molecule has 88 valence electrons. The van der Waals surface area contributed by atoms with Crippen LogP contribution in [0.3, 0.4) is 0 Å². The number of fused-ring (bicyclic) bond motifs is 2. The monoisotopic (exact) mass is 349 g/mol. The summed E-state index contributed by atoms with van der Waals surface area (Å²) in [5, 5.41) is 0. The molecule has 0 fully saturated rings. The second kappa shape index (κ2) is 3.91. The summed E-state index contributed by atoms with van der Waals surface area (Å²) in [6.45, 7) is 0. The van der Waals surface area contributed by atoms with Gasteiger partial charge in [0, 0.05) is 20.3 Å². The van der Waals surface area contributed by atoms with Gasteiger partial charge < -0.3 is 5.73 Å². The molecule has 0 amide bonds. The van der Waals surface area contributed by atoms with Crippen LogP contribution in [0.15, 0.2) is 36.4 Å². The van der Waals surface area contributed by atoms with Gasteiger partial charge in [0.15, 0.2) is 11.6 Å². The first kappa shape index (κ1) is 11.4. The van der Waals surface area contributed by atoms with Crippen molar-refractivity contribution in [1.29, 1.82) is 0 Å². The van der Waals surface area contributed by atoms with E-state index in [9.17, 15) is 9.59 Å². The van der Waals surface area contributed by atoms with Crippen LogP contribution >= 0.6 is 22.6 Å². The zero-order valence-electron chi connectivity index (χ0n) is 9.24. The molecule has 0 atom stereocenters. The summed E-state index contributed by atoms with van der Waals surface area (Å²) >= 11 is 2.06. The summed E-state index contributed by atoms with van der Waals surface area (Å²) in [6.07, 6.45) is 0. The van der Waals surface area contributed by atoms with Gasteiger partial charge in [-0.3, -0.25) is 9.59 Å². The van der Waals surface area contributed by atoms with E-state index in [-0.39, 0.29) is 11.6 Å². The maximum Gasteiger partial charge on any atom is 0.196 e. The van der Waals surface area contributed by atoms with Crippen molar-refractivity contribution in [2.45, 2.75) is 0 Å². The molecule has 0 saturated heterocycles. The zero-order valence-corrected chi connectivity index (χ0v) is 11.4. The normalized spacial score (nSPS) is 13.2. The number of anilines is 1. The first-order chi connectivity index (χ1) is 8.61. The number of carbonyl (C=O) groups is 2. The highest BCUT2D eigenvalue weighted by molar-refractivity contribution is 14.1. The number of halogens is 1. The van der Waals surface area contributed by atoms with Gasteiger partial charge in [0.05, 0.1) is 11.3 Å². The van der Waals surface area contributed by atoms with E-state index in [0.29, 0.717) is 27.9 Å². The molecule has 0 aliphatic heterocycles. The Morgan fingerprint density at radius 1 is 0.833 bits per heavy atom. The maximum absolute atomic E-state index is 12.4. The van der Waals surface area contributed by atoms with Crippen LogP contribution in [0.25, 0.3) is 0 Å². The molecule has 18 heavy (non-hydrogen) atoms. The molecule has 0 bridgehead atoms. The van der Waals surface area contributed by atoms with Crippen molar-refractivity contribution in [3.05, 3.63) is 62.2 Å². The number of hydrogen-bond acceptors (Lipinski definition) is 3. The van der Waals surface area contributed by atoms with E-state index >= 15 is 0 Å². The maximum atomic E-state index is 12.4. The Labute approximate surface area is 117 Å². The Morgan fingerprint density at radius 2 is 1.44 bits per heavy atom. The second-order valence-electron chi connectivity index (χ2n) is 4.09. The van der Waals surface area contributed by atoms with Gasteiger partial charge in [0.25, 0.3) is 0 Å². The molecule has 0 radical (unpaired) electrons. The molecule has 0 aromatic heterocycles. The van der Waals surface area contributed by atoms with Gasteiger partial charge >= 0.3 is 0 Å². The molecule has 3 nitrogen and oxygen atoms in total. The van der Waals surface area contributed by atoms with Crippen LogP contribution in [-0.2, 0) is 0 Å². The summed E-state index contributed by atoms with van der Waals surface area (Å²) in [6, 6.07) is 10.3. The largest absolute Gasteiger partial charge is 0.397 e. The fourth-order valence-corrected chi connectivity index (χ4v) is 2.64. The molecule has 4 heteroatoms. The third-order valence-electron chi connectivity index (χ3n) is 3.08. The molecule has 3 rings (SSSR count). The number of rotatable bonds is 0. The lowest BCUT2D eigenvalue weighted by Crippen LogP contribution is -2.22. The van der Waals surface area contributed by atoms with Gasteiger partial charge in [-0.15, -0.1) is 0 Å². The molecule has 0 spiro atoms. The van der Waals surface area contributed by atoms with Gasteiger partial charge in [-0.2, -0.15) is 0 Å². The highest BCUT2D eigenvalue weighted by Crippen LogP contribution is 2.32. The van der Waals surface area contributed by atoms with Gasteiger partial charge in [-0.25, -0.2) is 0 Å². The van der Waals surface area contributed by atoms with Gasteiger partial charge in [-0.1, -0.05) is 24.3 Å². The standard InChI is InChI=1S/C14H8INO2/c15-10-6-5-9-11(12(10)16)14(18)8-4-2-1-3-7(8)13(9)17/h1-6H,16H2. The average Bonchev–Trinajstić information content (AvgIpc) is 2.39. The predicted molar refractivity (Wildman–Crippen MR) is 76.9 cm³/mol. The summed E-state index contributed by atoms with van der Waals surface area (Å²) in [4.78, 5) is 24.7. The minimum absolute atomic E-state index is 0.136. The van der Waals surface area contributed by atoms with Gasteiger partial charge in [-0.05, 0) is 34.7 Å². The van der Waals surface area contributed by atoms with E-state index in [2.05, 4.69) is 22.6 Å². The van der Waals surface area contributed by atoms with E-state index in [1.54, 1.807) is 36.4 Å². The van der Waals surface area contributed by atoms with Crippen LogP contribution in [0.4, 0.5) is 5.69 Å². The SMILES string of the molecule is Nc1c(I)ccc2c1C(=O)c1ccccc1C2=O. The lowest BCUT2D eigenvalue weighted by molar-refractivity contribution is 0.0979. The molecule has 2 N–H and O–H groups in total. The van der Waals surface area contributed by atoms with Crippen molar-refractivity contribution in [3.8, 4) is 0 Å². The smallest absolute Gasteiger partial charge is 0.196 e. The van der Waals surface area contributed by atoms with Crippen LogP contribution in [0.1, 0.15) is 31.8 Å². The molecule has 1 aliphatic rings. The van der Waals surface area contributed by atoms with E-state index in [1.165, 1.54) is 0 Å². The Morgan fingerprint density at radius 3 is 2.11 bits per heavy atom. The lowest BCUT2D eigenvalue weighted by Gasteiger charge is -2.19. The van der Waals surface area contributed by atoms with E-state index in [4.69, 9.17) is 5.73 Å². The van der Waals surface area contributed by atoms with Crippen molar-refractivity contribution >= 4 is 39.8 Å². The third-order valence-corrected chi connectivity index (χ3v) is 4.02. The average molecular weight is 349 g/mol. The molecule has 0 heterocycles. The fourth-order valence-electron chi connectivity index (χ4n) is 2.19. The number of carbonyl (C=O) groups excluding carboxylic acids is 2. The van der Waals surface area contributed by atoms with E-state index in [1.807, 2.05) is 0 Å². The van der Waals surface area contributed by atoms with Crippen LogP contribution in [0.2, 0.25) is 0 Å². The van der Waals surface area contributed by atoms with Crippen molar-refractivity contribution in [3.63, 3.8) is 0 Å². The molecule has 2 aromatic carbocycles. The lowest BCUT2D eigenvalue weighted by atomic mass is 9.83. The van der Waals surface area contributed by atoms with Crippen LogP contribution in [0.5, 0.6) is 0 Å². The summed E-state index contributed by atoms with van der Waals surface area (Å²) in [5.74, 6) is -0.306. The minimum Gasteiger partial charge on any atom is -0.397 e. The Hall–Kier alpha value is -1.69. The number of ketones is 2. The summed E-state index contributed by atoms with van der Waals surface area (Å²) < 4.78 is 0.784. The highest BCUT2D eigenvalue weighted by Gasteiger charge is 2.31. The first-order valence-electron chi connectivity index (χ1n) is 5.37. The van der Waals surface area contributed by atoms with E-state index in [0.717, 1.165) is 3.57 Å². The topological polar surface area (TPSA) is 60.2 Å². The van der Waals surface area contributed by atoms with Crippen molar-refractivity contribution in [2.24, 2.45) is 0 Å². The molecular formula is C14H8INO2. The van der Waals surface area contributed by atoms with Gasteiger partial charge in [0.2, 0.25) is 0 Å². The molecule has 1 aliphatic carbocycles. The molecular weight excluding hydrogens is 341 g/mol. The molecule has 0 saturated carbocycles. The summed E-state index contributed by atoms with van der Waals surface area (Å²) in [7, 11) is 0. The molecule has 2 aromatic rings. The zero-order chi connectivity index (χ0) is 12.9. The number of benzene rings is 2. The minimum atomic E-state index is -0.170. The summed E-state index contributed by atoms with van der Waals surface area (Å²) in [5.41, 5.74) is 7.95. The van der Waals surface area contributed by atoms with E-state index < -0.39 is 0 Å². The first-order valence-corrected chi connectivity index (χ1v) is 6.45. The Balaban J connectivity index is 2.38. The Kier molecular flexibility index (Phi) is 2.48.